The van der Waals surface area contributed by atoms with E-state index < -0.39 is 17.7 Å². The third kappa shape index (κ3) is 3.68. The number of aromatic nitrogens is 1. The fraction of sp³-hybridized carbons (Fsp3) is 0.474. The van der Waals surface area contributed by atoms with Gasteiger partial charge in [0.05, 0.1) is 22.8 Å². The molecular formula is C19H23NO5S. The second-order valence-electron chi connectivity index (χ2n) is 7.36. The Labute approximate surface area is 156 Å². The lowest BCUT2D eigenvalue weighted by Crippen LogP contribution is -2.27. The van der Waals surface area contributed by atoms with E-state index >= 15 is 0 Å². The van der Waals surface area contributed by atoms with Crippen molar-refractivity contribution < 1.29 is 19.4 Å². The summed E-state index contributed by atoms with van der Waals surface area (Å²) in [5.74, 6) is -0.258. The lowest BCUT2D eigenvalue weighted by molar-refractivity contribution is -0.160. The molecule has 1 atom stereocenters. The van der Waals surface area contributed by atoms with E-state index in [4.69, 9.17) is 9.47 Å². The van der Waals surface area contributed by atoms with Crippen LogP contribution in [0, 0.1) is 0 Å². The number of fused-ring (bicyclic) bond motifs is 1. The lowest BCUT2D eigenvalue weighted by atomic mass is 10.0. The number of ether oxygens (including phenoxy) is 2. The number of benzene rings is 1. The minimum atomic E-state index is -1.20. The summed E-state index contributed by atoms with van der Waals surface area (Å²) in [6.07, 6.45) is 0.643. The summed E-state index contributed by atoms with van der Waals surface area (Å²) in [7, 11) is 1.66. The van der Waals surface area contributed by atoms with Crippen molar-refractivity contribution in [2.75, 3.05) is 6.61 Å². The zero-order valence-corrected chi connectivity index (χ0v) is 16.2. The van der Waals surface area contributed by atoms with E-state index in [0.29, 0.717) is 17.2 Å². The molecule has 2 aromatic rings. The molecule has 1 aliphatic heterocycles. The number of thiazole rings is 1. The fourth-order valence-corrected chi connectivity index (χ4v) is 4.08. The van der Waals surface area contributed by atoms with Crippen LogP contribution < -0.4 is 9.61 Å². The van der Waals surface area contributed by atoms with Crippen molar-refractivity contribution in [3.63, 3.8) is 0 Å². The Morgan fingerprint density at radius 2 is 2.12 bits per heavy atom. The van der Waals surface area contributed by atoms with Gasteiger partial charge in [0.2, 0.25) is 0 Å². The molecule has 0 fully saturated rings. The van der Waals surface area contributed by atoms with E-state index in [9.17, 15) is 14.7 Å². The lowest BCUT2D eigenvalue weighted by Gasteiger charge is -2.25. The van der Waals surface area contributed by atoms with Crippen molar-refractivity contribution in [3.8, 4) is 17.0 Å². The zero-order valence-electron chi connectivity index (χ0n) is 15.4. The van der Waals surface area contributed by atoms with Gasteiger partial charge in [-0.3, -0.25) is 4.79 Å². The topological polar surface area (TPSA) is 77.8 Å². The number of aryl methyl sites for hydroxylation is 1. The standard InChI is InChI=1S/C19H23NO5S/c1-19(2,3)25-15(17(21)22)16-14(20(4)18(23)26-16)12-7-8-13-11(10-12)6-5-9-24-13/h7-8,10,15H,5-6,9H2,1-4H3,(H,21,22). The monoisotopic (exact) mass is 377 g/mol. The quantitative estimate of drug-likeness (QED) is 0.884. The van der Waals surface area contributed by atoms with Crippen LogP contribution in [0.2, 0.25) is 0 Å². The summed E-state index contributed by atoms with van der Waals surface area (Å²) in [6, 6.07) is 5.73. The molecular weight excluding hydrogens is 354 g/mol. The number of carboxylic acids is 1. The highest BCUT2D eigenvalue weighted by molar-refractivity contribution is 7.10. The van der Waals surface area contributed by atoms with E-state index in [-0.39, 0.29) is 4.87 Å². The van der Waals surface area contributed by atoms with Crippen LogP contribution in [0.15, 0.2) is 23.0 Å². The summed E-state index contributed by atoms with van der Waals surface area (Å²) < 4.78 is 12.9. The third-order valence-electron chi connectivity index (χ3n) is 4.16. The first-order chi connectivity index (χ1) is 12.2. The van der Waals surface area contributed by atoms with Crippen LogP contribution in [0.1, 0.15) is 43.7 Å². The van der Waals surface area contributed by atoms with Gasteiger partial charge in [0.25, 0.3) is 0 Å². The van der Waals surface area contributed by atoms with Crippen LogP contribution in [-0.2, 0) is 23.0 Å². The predicted octanol–water partition coefficient (Wildman–Crippen LogP) is 3.38. The minimum Gasteiger partial charge on any atom is -0.493 e. The molecule has 0 radical (unpaired) electrons. The first kappa shape index (κ1) is 18.7. The van der Waals surface area contributed by atoms with Gasteiger partial charge in [0, 0.05) is 12.6 Å². The molecule has 0 saturated carbocycles. The van der Waals surface area contributed by atoms with Crippen LogP contribution in [-0.4, -0.2) is 27.9 Å². The Bertz CT molecular complexity index is 890. The van der Waals surface area contributed by atoms with E-state index in [1.54, 1.807) is 27.8 Å². The average molecular weight is 377 g/mol. The predicted molar refractivity (Wildman–Crippen MR) is 100 cm³/mol. The van der Waals surface area contributed by atoms with Gasteiger partial charge in [-0.25, -0.2) is 4.79 Å². The summed E-state index contributed by atoms with van der Waals surface area (Å²) in [6.45, 7) is 6.09. The Morgan fingerprint density at radius 3 is 2.77 bits per heavy atom. The van der Waals surface area contributed by atoms with Gasteiger partial charge in [0.1, 0.15) is 5.75 Å². The van der Waals surface area contributed by atoms with Crippen molar-refractivity contribution in [1.82, 2.24) is 4.57 Å². The molecule has 1 unspecified atom stereocenters. The number of hydrogen-bond acceptors (Lipinski definition) is 5. The molecule has 0 aliphatic carbocycles. The van der Waals surface area contributed by atoms with Crippen LogP contribution in [0.25, 0.3) is 11.3 Å². The maximum absolute atomic E-state index is 12.3. The number of carboxylic acid groups (broad SMARTS) is 1. The maximum Gasteiger partial charge on any atom is 0.338 e. The number of aliphatic carboxylic acids is 1. The van der Waals surface area contributed by atoms with Gasteiger partial charge in [0.15, 0.2) is 6.10 Å². The van der Waals surface area contributed by atoms with Crippen molar-refractivity contribution in [2.45, 2.75) is 45.3 Å². The van der Waals surface area contributed by atoms with E-state index in [1.165, 1.54) is 4.57 Å². The smallest absolute Gasteiger partial charge is 0.338 e. The number of rotatable bonds is 4. The highest BCUT2D eigenvalue weighted by Gasteiger charge is 2.32. The largest absolute Gasteiger partial charge is 0.493 e. The SMILES string of the molecule is Cn1c(-c2ccc3c(c2)CCCO3)c(C(OC(C)(C)C)C(=O)O)sc1=O. The van der Waals surface area contributed by atoms with Crippen LogP contribution in [0.5, 0.6) is 5.75 Å². The molecule has 2 heterocycles. The number of carbonyl (C=O) groups is 1. The van der Waals surface area contributed by atoms with Crippen LogP contribution >= 0.6 is 11.3 Å². The molecule has 0 saturated heterocycles. The molecule has 1 aliphatic rings. The van der Waals surface area contributed by atoms with Gasteiger partial charge < -0.3 is 19.1 Å². The van der Waals surface area contributed by atoms with Crippen molar-refractivity contribution in [3.05, 3.63) is 38.3 Å². The summed E-state index contributed by atoms with van der Waals surface area (Å²) in [5.41, 5.74) is 1.80. The average Bonchev–Trinajstić information content (AvgIpc) is 2.86. The van der Waals surface area contributed by atoms with Crippen molar-refractivity contribution >= 4 is 17.3 Å². The Hall–Kier alpha value is -2.12. The van der Waals surface area contributed by atoms with Crippen LogP contribution in [0.3, 0.4) is 0 Å². The summed E-state index contributed by atoms with van der Waals surface area (Å²) in [5, 5.41) is 9.70. The molecule has 7 heteroatoms. The minimum absolute atomic E-state index is 0.215. The second-order valence-corrected chi connectivity index (χ2v) is 8.36. The highest BCUT2D eigenvalue weighted by atomic mass is 32.1. The molecule has 1 aromatic carbocycles. The molecule has 26 heavy (non-hydrogen) atoms. The van der Waals surface area contributed by atoms with E-state index in [1.807, 2.05) is 18.2 Å². The summed E-state index contributed by atoms with van der Waals surface area (Å²) >= 11 is 0.921. The molecule has 3 rings (SSSR count). The number of hydrogen-bond donors (Lipinski definition) is 1. The van der Waals surface area contributed by atoms with Gasteiger partial charge in [-0.15, -0.1) is 0 Å². The van der Waals surface area contributed by atoms with Crippen molar-refractivity contribution in [1.29, 1.82) is 0 Å². The molecule has 1 aromatic heterocycles. The normalized spacial score (nSPS) is 15.2. The highest BCUT2D eigenvalue weighted by Crippen LogP contribution is 2.37. The van der Waals surface area contributed by atoms with Gasteiger partial charge in [-0.2, -0.15) is 0 Å². The molecule has 0 spiro atoms. The molecule has 0 bridgehead atoms. The van der Waals surface area contributed by atoms with E-state index in [0.717, 1.165) is 41.1 Å². The maximum atomic E-state index is 12.3. The second kappa shape index (κ2) is 6.89. The van der Waals surface area contributed by atoms with Crippen LogP contribution in [0.4, 0.5) is 0 Å². The zero-order chi connectivity index (χ0) is 19.1. The van der Waals surface area contributed by atoms with E-state index in [2.05, 4.69) is 0 Å². The van der Waals surface area contributed by atoms with Gasteiger partial charge in [-0.05, 0) is 57.4 Å². The Balaban J connectivity index is 2.13. The molecule has 140 valence electrons. The number of nitrogens with zero attached hydrogens (tertiary/aromatic N) is 1. The summed E-state index contributed by atoms with van der Waals surface area (Å²) in [4.78, 5) is 24.4. The van der Waals surface area contributed by atoms with Gasteiger partial charge in [-0.1, -0.05) is 11.3 Å². The molecule has 0 amide bonds. The van der Waals surface area contributed by atoms with Gasteiger partial charge >= 0.3 is 10.8 Å². The molecule has 6 nitrogen and oxygen atoms in total. The Kier molecular flexibility index (Phi) is 4.94. The fourth-order valence-electron chi connectivity index (χ4n) is 3.06. The third-order valence-corrected chi connectivity index (χ3v) is 5.23. The Morgan fingerprint density at radius 1 is 1.38 bits per heavy atom. The first-order valence-corrected chi connectivity index (χ1v) is 9.35. The first-order valence-electron chi connectivity index (χ1n) is 8.54. The van der Waals surface area contributed by atoms with Crippen molar-refractivity contribution in [2.24, 2.45) is 7.05 Å². The molecule has 1 N–H and O–H groups in total.